The molecule has 8 heteroatoms. The fraction of sp³-hybridized carbons (Fsp3) is 0.650. The molecule has 2 aromatic rings. The van der Waals surface area contributed by atoms with Gasteiger partial charge >= 0.3 is 0 Å². The van der Waals surface area contributed by atoms with Crippen LogP contribution < -0.4 is 10.6 Å². The van der Waals surface area contributed by atoms with Crippen LogP contribution in [0.2, 0.25) is 0 Å². The van der Waals surface area contributed by atoms with Gasteiger partial charge in [0.2, 0.25) is 0 Å². The minimum absolute atomic E-state index is 0.0115. The van der Waals surface area contributed by atoms with E-state index in [0.717, 1.165) is 72.1 Å². The van der Waals surface area contributed by atoms with Crippen molar-refractivity contribution < 1.29 is 9.53 Å². The van der Waals surface area contributed by atoms with Gasteiger partial charge in [-0.15, -0.1) is 11.3 Å². The Morgan fingerprint density at radius 2 is 2.14 bits per heavy atom. The molecule has 0 aromatic carbocycles. The van der Waals surface area contributed by atoms with Crippen LogP contribution in [0, 0.1) is 6.92 Å². The third-order valence-corrected chi connectivity index (χ3v) is 6.82. The van der Waals surface area contributed by atoms with E-state index in [1.165, 1.54) is 30.6 Å². The molecule has 1 amide bonds. The van der Waals surface area contributed by atoms with Crippen molar-refractivity contribution in [2.45, 2.75) is 45.1 Å². The highest BCUT2D eigenvalue weighted by atomic mass is 32.1. The van der Waals surface area contributed by atoms with Crippen LogP contribution in [0.3, 0.4) is 0 Å². The van der Waals surface area contributed by atoms with E-state index in [4.69, 9.17) is 4.74 Å². The number of carbonyl (C=O) groups excluding carboxylic acids is 1. The third kappa shape index (κ3) is 4.45. The fourth-order valence-corrected chi connectivity index (χ4v) is 5.09. The number of piperidine rings is 1. The van der Waals surface area contributed by atoms with Crippen LogP contribution in [0.5, 0.6) is 0 Å². The Morgan fingerprint density at radius 1 is 1.29 bits per heavy atom. The number of anilines is 1. The molecule has 0 bridgehead atoms. The summed E-state index contributed by atoms with van der Waals surface area (Å²) in [6.07, 6.45) is 7.86. The Balaban J connectivity index is 1.41. The predicted molar refractivity (Wildman–Crippen MR) is 112 cm³/mol. The second-order valence-electron chi connectivity index (χ2n) is 7.63. The van der Waals surface area contributed by atoms with Crippen molar-refractivity contribution in [3.05, 3.63) is 16.8 Å². The van der Waals surface area contributed by atoms with Crippen molar-refractivity contribution in [2.24, 2.45) is 0 Å². The zero-order valence-electron chi connectivity index (χ0n) is 16.5. The maximum atomic E-state index is 12.7. The maximum Gasteiger partial charge on any atom is 0.261 e. The minimum Gasteiger partial charge on any atom is -0.376 e. The lowest BCUT2D eigenvalue weighted by Crippen LogP contribution is -2.37. The molecule has 152 valence electrons. The number of hydrogen-bond acceptors (Lipinski definition) is 7. The van der Waals surface area contributed by atoms with E-state index in [0.29, 0.717) is 6.54 Å². The predicted octanol–water partition coefficient (Wildman–Crippen LogP) is 2.81. The van der Waals surface area contributed by atoms with Gasteiger partial charge in [0.1, 0.15) is 17.0 Å². The Kier molecular flexibility index (Phi) is 6.39. The number of aryl methyl sites for hydroxylation is 1. The topological polar surface area (TPSA) is 79.4 Å². The van der Waals surface area contributed by atoms with Gasteiger partial charge in [-0.2, -0.15) is 0 Å². The van der Waals surface area contributed by atoms with Gasteiger partial charge in [-0.1, -0.05) is 6.42 Å². The third-order valence-electron chi connectivity index (χ3n) is 5.62. The first-order valence-electron chi connectivity index (χ1n) is 10.3. The van der Waals surface area contributed by atoms with Gasteiger partial charge in [0.25, 0.3) is 5.91 Å². The molecule has 2 aromatic heterocycles. The number of ether oxygens (including phenoxy) is 1. The van der Waals surface area contributed by atoms with Gasteiger partial charge in [-0.25, -0.2) is 9.97 Å². The average Bonchev–Trinajstić information content (AvgIpc) is 3.35. The first-order chi connectivity index (χ1) is 13.7. The molecule has 0 saturated carbocycles. The number of amides is 1. The van der Waals surface area contributed by atoms with Gasteiger partial charge < -0.3 is 20.3 Å². The quantitative estimate of drug-likeness (QED) is 0.740. The normalized spacial score (nSPS) is 20.5. The zero-order valence-corrected chi connectivity index (χ0v) is 17.3. The molecule has 0 aliphatic carbocycles. The number of carbonyl (C=O) groups is 1. The molecule has 7 nitrogen and oxygen atoms in total. The Bertz CT molecular complexity index is 812. The Hall–Kier alpha value is -1.77. The van der Waals surface area contributed by atoms with Crippen LogP contribution in [0.25, 0.3) is 10.2 Å². The molecule has 4 heterocycles. The molecule has 0 unspecified atom stereocenters. The molecule has 0 radical (unpaired) electrons. The van der Waals surface area contributed by atoms with Crippen LogP contribution in [-0.4, -0.2) is 66.2 Å². The molecule has 4 rings (SSSR count). The van der Waals surface area contributed by atoms with Crippen molar-refractivity contribution in [3.63, 3.8) is 0 Å². The van der Waals surface area contributed by atoms with E-state index in [2.05, 4.69) is 25.5 Å². The molecule has 2 fully saturated rings. The zero-order chi connectivity index (χ0) is 19.3. The van der Waals surface area contributed by atoms with Gasteiger partial charge in [-0.05, 0) is 51.3 Å². The smallest absolute Gasteiger partial charge is 0.261 e. The van der Waals surface area contributed by atoms with E-state index in [9.17, 15) is 4.79 Å². The van der Waals surface area contributed by atoms with Crippen LogP contribution >= 0.6 is 11.3 Å². The Morgan fingerprint density at radius 3 is 2.93 bits per heavy atom. The summed E-state index contributed by atoms with van der Waals surface area (Å²) in [4.78, 5) is 25.6. The second kappa shape index (κ2) is 9.15. The summed E-state index contributed by atoms with van der Waals surface area (Å²) in [6, 6.07) is 0. The number of likely N-dealkylation sites (tertiary alicyclic amines) is 1. The molecule has 2 N–H and O–H groups in total. The van der Waals surface area contributed by atoms with Crippen molar-refractivity contribution in [1.29, 1.82) is 0 Å². The van der Waals surface area contributed by atoms with Crippen molar-refractivity contribution >= 4 is 33.3 Å². The monoisotopic (exact) mass is 403 g/mol. The second-order valence-corrected chi connectivity index (χ2v) is 8.63. The fourth-order valence-electron chi connectivity index (χ4n) is 4.03. The lowest BCUT2D eigenvalue weighted by molar-refractivity contribution is 0.0950. The highest BCUT2D eigenvalue weighted by Gasteiger charge is 2.21. The van der Waals surface area contributed by atoms with E-state index < -0.39 is 0 Å². The molecule has 0 spiro atoms. The summed E-state index contributed by atoms with van der Waals surface area (Å²) in [6.45, 7) is 7.45. The van der Waals surface area contributed by atoms with Gasteiger partial charge in [0.15, 0.2) is 0 Å². The van der Waals surface area contributed by atoms with E-state index in [-0.39, 0.29) is 12.0 Å². The van der Waals surface area contributed by atoms with Gasteiger partial charge in [0.05, 0.1) is 16.4 Å². The van der Waals surface area contributed by atoms with Gasteiger partial charge in [-0.3, -0.25) is 4.79 Å². The highest BCUT2D eigenvalue weighted by Crippen LogP contribution is 2.33. The van der Waals surface area contributed by atoms with Crippen LogP contribution in [-0.2, 0) is 4.74 Å². The maximum absolute atomic E-state index is 12.7. The number of aromatic nitrogens is 2. The standard InChI is InChI=1S/C20H29N5O2S/c1-14-16-18(22-12-15-6-5-11-27-15)23-13-24-20(16)28-17(14)19(26)21-7-10-25-8-3-2-4-9-25/h13,15H,2-12H2,1H3,(H,21,26)(H,22,23,24)/t15-/m1/s1. The first kappa shape index (κ1) is 19.5. The molecule has 2 aliphatic rings. The molecule has 28 heavy (non-hydrogen) atoms. The van der Waals surface area contributed by atoms with E-state index in [1.54, 1.807) is 6.33 Å². The number of hydrogen-bond donors (Lipinski definition) is 2. The number of rotatable bonds is 7. The van der Waals surface area contributed by atoms with Gasteiger partial charge in [0, 0.05) is 26.2 Å². The number of thiophene rings is 1. The van der Waals surface area contributed by atoms with E-state index >= 15 is 0 Å². The summed E-state index contributed by atoms with van der Waals surface area (Å²) < 4.78 is 5.68. The lowest BCUT2D eigenvalue weighted by atomic mass is 10.1. The highest BCUT2D eigenvalue weighted by molar-refractivity contribution is 7.20. The molecular formula is C20H29N5O2S. The van der Waals surface area contributed by atoms with Crippen molar-refractivity contribution in [2.75, 3.05) is 44.6 Å². The van der Waals surface area contributed by atoms with Crippen molar-refractivity contribution in [1.82, 2.24) is 20.2 Å². The lowest BCUT2D eigenvalue weighted by Gasteiger charge is -2.26. The van der Waals surface area contributed by atoms with Crippen LogP contribution in [0.15, 0.2) is 6.33 Å². The SMILES string of the molecule is Cc1c(C(=O)NCCN2CCCCC2)sc2ncnc(NC[C@H]3CCCO3)c12. The van der Waals surface area contributed by atoms with Crippen LogP contribution in [0.4, 0.5) is 5.82 Å². The summed E-state index contributed by atoms with van der Waals surface area (Å²) in [5.74, 6) is 0.782. The summed E-state index contributed by atoms with van der Waals surface area (Å²) in [7, 11) is 0. The average molecular weight is 404 g/mol. The Labute approximate surface area is 169 Å². The minimum atomic E-state index is -0.0115. The first-order valence-corrected chi connectivity index (χ1v) is 11.1. The molecule has 2 saturated heterocycles. The number of nitrogens with zero attached hydrogens (tertiary/aromatic N) is 3. The molecule has 1 atom stereocenters. The summed E-state index contributed by atoms with van der Waals surface area (Å²) in [5, 5.41) is 7.44. The largest absolute Gasteiger partial charge is 0.376 e. The molecule has 2 aliphatic heterocycles. The number of nitrogens with one attached hydrogen (secondary N) is 2. The molecular weight excluding hydrogens is 374 g/mol. The van der Waals surface area contributed by atoms with Crippen molar-refractivity contribution in [3.8, 4) is 0 Å². The number of fused-ring (bicyclic) bond motifs is 1. The summed E-state index contributed by atoms with van der Waals surface area (Å²) in [5.41, 5.74) is 0.950. The summed E-state index contributed by atoms with van der Waals surface area (Å²) >= 11 is 1.44. The van der Waals surface area contributed by atoms with Crippen LogP contribution in [0.1, 0.15) is 47.3 Å². The van der Waals surface area contributed by atoms with E-state index in [1.807, 2.05) is 6.92 Å².